The molecule has 1 fully saturated rings. The van der Waals surface area contributed by atoms with Gasteiger partial charge >= 0.3 is 0 Å². The molecule has 0 saturated carbocycles. The van der Waals surface area contributed by atoms with Crippen molar-refractivity contribution in [2.45, 2.75) is 19.0 Å². The Labute approximate surface area is 110 Å². The second-order valence-electron chi connectivity index (χ2n) is 4.45. The summed E-state index contributed by atoms with van der Waals surface area (Å²) < 4.78 is 32.3. The van der Waals surface area contributed by atoms with Gasteiger partial charge in [-0.05, 0) is 19.1 Å². The molecule has 1 aliphatic heterocycles. The van der Waals surface area contributed by atoms with Crippen molar-refractivity contribution in [2.75, 3.05) is 19.8 Å². The number of halogens is 2. The lowest BCUT2D eigenvalue weighted by Gasteiger charge is -2.25. The molecule has 1 heterocycles. The van der Waals surface area contributed by atoms with Crippen LogP contribution in [-0.2, 0) is 9.53 Å². The number of hydrogen-bond acceptors (Lipinski definition) is 3. The summed E-state index contributed by atoms with van der Waals surface area (Å²) in [6.07, 6.45) is 0. The van der Waals surface area contributed by atoms with Crippen molar-refractivity contribution in [3.05, 3.63) is 35.4 Å². The lowest BCUT2D eigenvalue weighted by molar-refractivity contribution is -0.126. The Morgan fingerprint density at radius 3 is 2.74 bits per heavy atom. The Morgan fingerprint density at radius 1 is 1.47 bits per heavy atom. The fourth-order valence-corrected chi connectivity index (χ4v) is 2.04. The standard InChI is InChI=1S/C13H16F2N2O2/c1-8(12-9(14)3-2-4-10(12)15)17-13(18)11-7-19-6-5-16-11/h2-4,8,11,16H,5-7H2,1H3,(H,17,18). The third-order valence-corrected chi connectivity index (χ3v) is 3.03. The first-order valence-corrected chi connectivity index (χ1v) is 6.15. The van der Waals surface area contributed by atoms with Crippen LogP contribution in [0.4, 0.5) is 8.78 Å². The lowest BCUT2D eigenvalue weighted by Crippen LogP contribution is -2.51. The van der Waals surface area contributed by atoms with Crippen molar-refractivity contribution < 1.29 is 18.3 Å². The van der Waals surface area contributed by atoms with E-state index in [9.17, 15) is 13.6 Å². The normalized spacial score (nSPS) is 20.9. The van der Waals surface area contributed by atoms with E-state index in [1.165, 1.54) is 18.2 Å². The number of benzene rings is 1. The van der Waals surface area contributed by atoms with Crippen LogP contribution in [-0.4, -0.2) is 31.7 Å². The fourth-order valence-electron chi connectivity index (χ4n) is 2.04. The van der Waals surface area contributed by atoms with Crippen molar-refractivity contribution in [1.29, 1.82) is 0 Å². The van der Waals surface area contributed by atoms with Crippen molar-refractivity contribution >= 4 is 5.91 Å². The number of carbonyl (C=O) groups excluding carboxylic acids is 1. The van der Waals surface area contributed by atoms with Gasteiger partial charge in [0, 0.05) is 12.1 Å². The fraction of sp³-hybridized carbons (Fsp3) is 0.462. The molecule has 0 aromatic heterocycles. The van der Waals surface area contributed by atoms with Gasteiger partial charge in [0.25, 0.3) is 0 Å². The Hall–Kier alpha value is -1.53. The van der Waals surface area contributed by atoms with E-state index in [4.69, 9.17) is 4.74 Å². The van der Waals surface area contributed by atoms with Crippen molar-refractivity contribution in [3.8, 4) is 0 Å². The zero-order valence-corrected chi connectivity index (χ0v) is 10.6. The summed E-state index contributed by atoms with van der Waals surface area (Å²) in [5.41, 5.74) is -0.132. The predicted octanol–water partition coefficient (Wildman–Crippen LogP) is 1.13. The zero-order chi connectivity index (χ0) is 13.8. The van der Waals surface area contributed by atoms with Crippen LogP contribution in [0.1, 0.15) is 18.5 Å². The minimum atomic E-state index is -0.738. The molecule has 1 amide bonds. The van der Waals surface area contributed by atoms with Gasteiger partial charge in [0.2, 0.25) is 5.91 Å². The van der Waals surface area contributed by atoms with Crippen LogP contribution in [0, 0.1) is 11.6 Å². The quantitative estimate of drug-likeness (QED) is 0.865. The largest absolute Gasteiger partial charge is 0.378 e. The van der Waals surface area contributed by atoms with E-state index >= 15 is 0 Å². The lowest BCUT2D eigenvalue weighted by atomic mass is 10.1. The first-order valence-electron chi connectivity index (χ1n) is 6.15. The molecule has 0 spiro atoms. The maximum absolute atomic E-state index is 13.6. The van der Waals surface area contributed by atoms with E-state index in [1.54, 1.807) is 6.92 Å². The number of nitrogens with one attached hydrogen (secondary N) is 2. The van der Waals surface area contributed by atoms with Gasteiger partial charge in [0.1, 0.15) is 17.7 Å². The molecule has 2 unspecified atom stereocenters. The van der Waals surface area contributed by atoms with Crippen molar-refractivity contribution in [2.24, 2.45) is 0 Å². The van der Waals surface area contributed by atoms with E-state index in [2.05, 4.69) is 10.6 Å². The van der Waals surface area contributed by atoms with E-state index in [0.717, 1.165) is 0 Å². The molecule has 2 atom stereocenters. The zero-order valence-electron chi connectivity index (χ0n) is 10.6. The van der Waals surface area contributed by atoms with Gasteiger partial charge in [0.15, 0.2) is 0 Å². The third kappa shape index (κ3) is 3.27. The molecule has 19 heavy (non-hydrogen) atoms. The third-order valence-electron chi connectivity index (χ3n) is 3.03. The monoisotopic (exact) mass is 270 g/mol. The SMILES string of the molecule is CC(NC(=O)C1COCCN1)c1c(F)cccc1F. The van der Waals surface area contributed by atoms with Crippen LogP contribution in [0.25, 0.3) is 0 Å². The van der Waals surface area contributed by atoms with Crippen molar-refractivity contribution in [1.82, 2.24) is 10.6 Å². The summed E-state index contributed by atoms with van der Waals surface area (Å²) in [6, 6.07) is 2.41. The molecule has 2 N–H and O–H groups in total. The molecule has 104 valence electrons. The molecule has 4 nitrogen and oxygen atoms in total. The molecule has 1 saturated heterocycles. The minimum absolute atomic E-state index is 0.132. The van der Waals surface area contributed by atoms with E-state index in [1.807, 2.05) is 0 Å². The van der Waals surface area contributed by atoms with Crippen LogP contribution in [0.15, 0.2) is 18.2 Å². The highest BCUT2D eigenvalue weighted by Crippen LogP contribution is 2.20. The topological polar surface area (TPSA) is 50.4 Å². The van der Waals surface area contributed by atoms with Crippen LogP contribution in [0.3, 0.4) is 0 Å². The number of ether oxygens (including phenoxy) is 1. The smallest absolute Gasteiger partial charge is 0.240 e. The summed E-state index contributed by atoms with van der Waals surface area (Å²) in [5, 5.41) is 5.57. The first-order chi connectivity index (χ1) is 9.09. The van der Waals surface area contributed by atoms with Gasteiger partial charge in [-0.3, -0.25) is 4.79 Å². The number of hydrogen-bond donors (Lipinski definition) is 2. The molecule has 0 bridgehead atoms. The highest BCUT2D eigenvalue weighted by molar-refractivity contribution is 5.82. The molecular weight excluding hydrogens is 254 g/mol. The van der Waals surface area contributed by atoms with Gasteiger partial charge in [-0.25, -0.2) is 8.78 Å². The number of rotatable bonds is 3. The predicted molar refractivity (Wildman–Crippen MR) is 65.5 cm³/mol. The molecule has 6 heteroatoms. The highest BCUT2D eigenvalue weighted by Gasteiger charge is 2.24. The molecule has 0 aliphatic carbocycles. The molecule has 1 aliphatic rings. The molecular formula is C13H16F2N2O2. The molecule has 2 rings (SSSR count). The summed E-state index contributed by atoms with van der Waals surface area (Å²) >= 11 is 0. The molecule has 1 aromatic rings. The van der Waals surface area contributed by atoms with Crippen LogP contribution < -0.4 is 10.6 Å². The summed E-state index contributed by atoms with van der Waals surface area (Å²) in [4.78, 5) is 11.9. The Morgan fingerprint density at radius 2 is 2.16 bits per heavy atom. The van der Waals surface area contributed by atoms with Gasteiger partial charge in [-0.1, -0.05) is 6.07 Å². The first kappa shape index (κ1) is 13.9. The van der Waals surface area contributed by atoms with Gasteiger partial charge < -0.3 is 15.4 Å². The van der Waals surface area contributed by atoms with Crippen LogP contribution in [0.2, 0.25) is 0 Å². The van der Waals surface area contributed by atoms with Gasteiger partial charge in [0.05, 0.1) is 19.3 Å². The number of carbonyl (C=O) groups is 1. The summed E-state index contributed by atoms with van der Waals surface area (Å²) in [6.45, 7) is 2.95. The maximum Gasteiger partial charge on any atom is 0.240 e. The van der Waals surface area contributed by atoms with Gasteiger partial charge in [-0.2, -0.15) is 0 Å². The van der Waals surface area contributed by atoms with E-state index in [-0.39, 0.29) is 18.1 Å². The van der Waals surface area contributed by atoms with Gasteiger partial charge in [-0.15, -0.1) is 0 Å². The minimum Gasteiger partial charge on any atom is -0.378 e. The van der Waals surface area contributed by atoms with E-state index in [0.29, 0.717) is 13.2 Å². The second kappa shape index (κ2) is 6.08. The second-order valence-corrected chi connectivity index (χ2v) is 4.45. The number of morpholine rings is 1. The Balaban J connectivity index is 2.04. The van der Waals surface area contributed by atoms with Crippen LogP contribution >= 0.6 is 0 Å². The molecule has 0 radical (unpaired) electrons. The average Bonchev–Trinajstić information content (AvgIpc) is 2.39. The van der Waals surface area contributed by atoms with Crippen molar-refractivity contribution in [3.63, 3.8) is 0 Å². The van der Waals surface area contributed by atoms with E-state index < -0.39 is 23.7 Å². The van der Waals surface area contributed by atoms with Crippen LogP contribution in [0.5, 0.6) is 0 Å². The Bertz CT molecular complexity index is 442. The summed E-state index contributed by atoms with van der Waals surface area (Å²) in [7, 11) is 0. The number of amides is 1. The highest BCUT2D eigenvalue weighted by atomic mass is 19.1. The summed E-state index contributed by atoms with van der Waals surface area (Å²) in [5.74, 6) is -1.66. The average molecular weight is 270 g/mol. The maximum atomic E-state index is 13.6. The molecule has 1 aromatic carbocycles. The Kier molecular flexibility index (Phi) is 4.44.